The molecule has 28 heavy (non-hydrogen) atoms. The van der Waals surface area contributed by atoms with Crippen molar-refractivity contribution >= 4 is 27.6 Å². The van der Waals surface area contributed by atoms with Crippen LogP contribution in [-0.4, -0.2) is 21.2 Å². The van der Waals surface area contributed by atoms with Gasteiger partial charge in [0.05, 0.1) is 6.61 Å². The average molecular weight is 419 g/mol. The summed E-state index contributed by atoms with van der Waals surface area (Å²) < 4.78 is 53.2. The fourth-order valence-electron chi connectivity index (χ4n) is 2.36. The molecule has 0 atom stereocenters. The van der Waals surface area contributed by atoms with Crippen LogP contribution >= 0.6 is 11.3 Å². The van der Waals surface area contributed by atoms with Crippen molar-refractivity contribution < 1.29 is 22.3 Å². The highest BCUT2D eigenvalue weighted by atomic mass is 32.2. The Hall–Kier alpha value is -2.71. The summed E-state index contributed by atoms with van der Waals surface area (Å²) in [5.41, 5.74) is 0.972. The smallest absolute Gasteiger partial charge is 0.291 e. The molecule has 2 aromatic carbocycles. The lowest BCUT2D eigenvalue weighted by molar-refractivity contribution is 0.266. The molecule has 146 valence electrons. The summed E-state index contributed by atoms with van der Waals surface area (Å²) in [6, 6.07) is 14.5. The lowest BCUT2D eigenvalue weighted by Gasteiger charge is -2.13. The van der Waals surface area contributed by atoms with Gasteiger partial charge in [0.15, 0.2) is 11.5 Å². The fourth-order valence-corrected chi connectivity index (χ4v) is 4.20. The molecule has 3 rings (SSSR count). The molecule has 0 amide bonds. The van der Waals surface area contributed by atoms with Crippen LogP contribution in [-0.2, 0) is 16.6 Å². The molecular weight excluding hydrogens is 401 g/mol. The minimum atomic E-state index is -3.73. The summed E-state index contributed by atoms with van der Waals surface area (Å²) >= 11 is 1.11. The van der Waals surface area contributed by atoms with E-state index in [0.717, 1.165) is 11.3 Å². The van der Waals surface area contributed by atoms with Gasteiger partial charge in [-0.05, 0) is 48.2 Å². The third-order valence-corrected chi connectivity index (χ3v) is 6.31. The van der Waals surface area contributed by atoms with E-state index in [2.05, 4.69) is 4.40 Å². The van der Waals surface area contributed by atoms with Gasteiger partial charge in [0.1, 0.15) is 16.6 Å². The maximum atomic E-state index is 13.7. The van der Waals surface area contributed by atoms with Crippen LogP contribution in [0.15, 0.2) is 68.6 Å². The molecule has 0 fully saturated rings. The molecule has 3 aromatic rings. The largest absolute Gasteiger partial charge is 0.490 e. The molecule has 5 nitrogen and oxygen atoms in total. The van der Waals surface area contributed by atoms with Gasteiger partial charge in [0.2, 0.25) is 0 Å². The Kier molecular flexibility index (Phi) is 6.43. The average Bonchev–Trinajstić information content (AvgIpc) is 3.23. The molecule has 1 heterocycles. The van der Waals surface area contributed by atoms with Crippen LogP contribution in [0, 0.1) is 5.82 Å². The van der Waals surface area contributed by atoms with Crippen LogP contribution in [0.25, 0.3) is 0 Å². The Morgan fingerprint density at radius 3 is 2.61 bits per heavy atom. The number of hydrogen-bond donors (Lipinski definition) is 0. The second-order valence-corrected chi connectivity index (χ2v) is 8.47. The molecule has 0 aliphatic rings. The van der Waals surface area contributed by atoms with Gasteiger partial charge in [-0.25, -0.2) is 4.39 Å². The number of thiophene rings is 1. The maximum absolute atomic E-state index is 13.7. The lowest BCUT2D eigenvalue weighted by Crippen LogP contribution is -2.02. The Labute approximate surface area is 167 Å². The third-order valence-electron chi connectivity index (χ3n) is 3.70. The van der Waals surface area contributed by atoms with Gasteiger partial charge in [0, 0.05) is 11.8 Å². The summed E-state index contributed by atoms with van der Waals surface area (Å²) in [4.78, 5) is 0. The number of hydrogen-bond acceptors (Lipinski definition) is 5. The first-order valence-corrected chi connectivity index (χ1v) is 10.8. The maximum Gasteiger partial charge on any atom is 0.291 e. The van der Waals surface area contributed by atoms with Crippen molar-refractivity contribution in [1.29, 1.82) is 0 Å². The first-order valence-electron chi connectivity index (χ1n) is 8.46. The molecule has 8 heteroatoms. The van der Waals surface area contributed by atoms with Crippen molar-refractivity contribution in [3.05, 3.63) is 76.9 Å². The Balaban J connectivity index is 1.79. The van der Waals surface area contributed by atoms with Gasteiger partial charge < -0.3 is 9.47 Å². The predicted octanol–water partition coefficient (Wildman–Crippen LogP) is 4.67. The van der Waals surface area contributed by atoms with Crippen LogP contribution in [0.5, 0.6) is 11.5 Å². The molecule has 0 unspecified atom stereocenters. The van der Waals surface area contributed by atoms with Crippen molar-refractivity contribution in [1.82, 2.24) is 0 Å². The lowest BCUT2D eigenvalue weighted by atomic mass is 10.2. The van der Waals surface area contributed by atoms with E-state index in [4.69, 9.17) is 9.47 Å². The molecule has 0 saturated carbocycles. The van der Waals surface area contributed by atoms with E-state index in [9.17, 15) is 12.8 Å². The highest BCUT2D eigenvalue weighted by Crippen LogP contribution is 2.29. The van der Waals surface area contributed by atoms with E-state index in [1.807, 2.05) is 6.92 Å². The number of rotatable bonds is 8. The molecule has 0 aliphatic carbocycles. The van der Waals surface area contributed by atoms with Crippen molar-refractivity contribution in [2.75, 3.05) is 6.61 Å². The van der Waals surface area contributed by atoms with Crippen LogP contribution in [0.3, 0.4) is 0 Å². The van der Waals surface area contributed by atoms with Gasteiger partial charge in [-0.2, -0.15) is 12.8 Å². The SMILES string of the molecule is CCOc1cc(/C=N\S(=O)(=O)c2cccs2)ccc1OCc1ccccc1F. The molecule has 0 N–H and O–H groups in total. The number of sulfonamides is 1. The zero-order chi connectivity index (χ0) is 20.0. The third kappa shape index (κ3) is 4.96. The van der Waals surface area contributed by atoms with Crippen LogP contribution in [0.4, 0.5) is 4.39 Å². The van der Waals surface area contributed by atoms with Crippen molar-refractivity contribution in [3.63, 3.8) is 0 Å². The fraction of sp³-hybridized carbons (Fsp3) is 0.150. The van der Waals surface area contributed by atoms with E-state index in [1.165, 1.54) is 18.3 Å². The Bertz CT molecular complexity index is 1060. The monoisotopic (exact) mass is 419 g/mol. The highest BCUT2D eigenvalue weighted by Gasteiger charge is 2.13. The van der Waals surface area contributed by atoms with E-state index >= 15 is 0 Å². The van der Waals surface area contributed by atoms with E-state index < -0.39 is 10.0 Å². The number of benzene rings is 2. The zero-order valence-electron chi connectivity index (χ0n) is 15.0. The Morgan fingerprint density at radius 2 is 1.89 bits per heavy atom. The second-order valence-electron chi connectivity index (χ2n) is 5.66. The molecule has 0 bridgehead atoms. The first kappa shape index (κ1) is 20.0. The molecule has 0 radical (unpaired) electrons. The van der Waals surface area contributed by atoms with Gasteiger partial charge in [-0.3, -0.25) is 0 Å². The Morgan fingerprint density at radius 1 is 1.07 bits per heavy atom. The zero-order valence-corrected chi connectivity index (χ0v) is 16.7. The predicted molar refractivity (Wildman–Crippen MR) is 107 cm³/mol. The van der Waals surface area contributed by atoms with E-state index in [-0.39, 0.29) is 16.6 Å². The topological polar surface area (TPSA) is 65.0 Å². The number of ether oxygens (including phenoxy) is 2. The normalized spacial score (nSPS) is 11.6. The number of nitrogens with zero attached hydrogens (tertiary/aromatic N) is 1. The summed E-state index contributed by atoms with van der Waals surface area (Å²) in [5.74, 6) is 0.516. The highest BCUT2D eigenvalue weighted by molar-refractivity contribution is 7.92. The summed E-state index contributed by atoms with van der Waals surface area (Å²) in [6.45, 7) is 2.26. The molecule has 1 aromatic heterocycles. The number of halogens is 1. The molecule has 0 spiro atoms. The minimum Gasteiger partial charge on any atom is -0.490 e. The van der Waals surface area contributed by atoms with Crippen LogP contribution in [0.2, 0.25) is 0 Å². The second kappa shape index (κ2) is 8.99. The van der Waals surface area contributed by atoms with Crippen molar-refractivity contribution in [3.8, 4) is 11.5 Å². The van der Waals surface area contributed by atoms with E-state index in [0.29, 0.717) is 29.2 Å². The van der Waals surface area contributed by atoms with Gasteiger partial charge >= 0.3 is 0 Å². The standard InChI is InChI=1S/C20H18FNO4S2/c1-2-25-19-12-15(13-22-28(23,24)20-8-5-11-27-20)9-10-18(19)26-14-16-6-3-4-7-17(16)21/h3-13H,2,14H2,1H3/b22-13-. The molecular formula is C20H18FNO4S2. The first-order chi connectivity index (χ1) is 13.5. The molecule has 0 saturated heterocycles. The summed E-state index contributed by atoms with van der Waals surface area (Å²) in [7, 11) is -3.73. The van der Waals surface area contributed by atoms with E-state index in [1.54, 1.807) is 47.8 Å². The van der Waals surface area contributed by atoms with Gasteiger partial charge in [0.25, 0.3) is 10.0 Å². The van der Waals surface area contributed by atoms with Crippen LogP contribution in [0.1, 0.15) is 18.1 Å². The van der Waals surface area contributed by atoms with Crippen LogP contribution < -0.4 is 9.47 Å². The summed E-state index contributed by atoms with van der Waals surface area (Å²) in [6.07, 6.45) is 1.26. The van der Waals surface area contributed by atoms with Crippen molar-refractivity contribution in [2.45, 2.75) is 17.7 Å². The van der Waals surface area contributed by atoms with Crippen molar-refractivity contribution in [2.24, 2.45) is 4.40 Å². The van der Waals surface area contributed by atoms with Gasteiger partial charge in [-0.15, -0.1) is 11.3 Å². The quantitative estimate of drug-likeness (QED) is 0.498. The summed E-state index contributed by atoms with van der Waals surface area (Å²) in [5, 5.41) is 1.68. The molecule has 0 aliphatic heterocycles. The van der Waals surface area contributed by atoms with Gasteiger partial charge in [-0.1, -0.05) is 24.3 Å². The minimum absolute atomic E-state index is 0.0486.